The van der Waals surface area contributed by atoms with Gasteiger partial charge in [0.2, 0.25) is 11.8 Å². The third kappa shape index (κ3) is 10.1. The van der Waals surface area contributed by atoms with Crippen LogP contribution in [0.3, 0.4) is 0 Å². The molecule has 16 heteroatoms. The molecule has 8 atom stereocenters. The molecule has 3 saturated carbocycles. The van der Waals surface area contributed by atoms with Crippen molar-refractivity contribution >= 4 is 40.4 Å². The molecule has 3 amide bonds. The molecule has 0 spiro atoms. The van der Waals surface area contributed by atoms with Crippen LogP contribution in [0.5, 0.6) is 11.5 Å². The Hall–Kier alpha value is -4.96. The Morgan fingerprint density at radius 3 is 2.52 bits per heavy atom. The Bertz CT molecular complexity index is 2150. The molecule has 0 bridgehead atoms. The zero-order chi connectivity index (χ0) is 43.7. The van der Waals surface area contributed by atoms with Gasteiger partial charge < -0.3 is 39.8 Å². The van der Waals surface area contributed by atoms with Crippen molar-refractivity contribution in [1.29, 1.82) is 0 Å². The monoisotopic (exact) mass is 868 g/mol. The average Bonchev–Trinajstić information content (AvgIpc) is 3.91. The van der Waals surface area contributed by atoms with E-state index in [1.54, 1.807) is 16.5 Å². The minimum absolute atomic E-state index is 0.0636. The van der Waals surface area contributed by atoms with E-state index in [-0.39, 0.29) is 48.6 Å². The van der Waals surface area contributed by atoms with Gasteiger partial charge in [-0.15, -0.1) is 5.10 Å². The number of Topliss-reactive ketones (excluding diaryl/α,β-unsaturated/α-hetero) is 1. The van der Waals surface area contributed by atoms with Crippen molar-refractivity contribution in [2.75, 3.05) is 51.3 Å². The molecule has 16 nitrogen and oxygen atoms in total. The lowest BCUT2D eigenvalue weighted by Gasteiger charge is -2.30. The Morgan fingerprint density at radius 2 is 1.75 bits per heavy atom. The van der Waals surface area contributed by atoms with Crippen molar-refractivity contribution in [3.8, 4) is 17.3 Å². The van der Waals surface area contributed by atoms with Crippen molar-refractivity contribution < 1.29 is 38.1 Å². The SMILES string of the molecule is CC(=O)[C@@]12C[C@H]1CCCCCCC[C@H](NC(=O)O[C@@H]1C[C@@H]3C[C@@H]3C1)C(=O)N1C[C@H](Oc3cc(-n4ccc(NC(C)C)n4)nc4cc(OCCN5CCOCC5)ccc34)C[C@H]1C(=O)N2. The molecule has 3 aliphatic heterocycles. The number of alkyl carbamates (subject to hydrolysis) is 1. The first-order valence-electron chi connectivity index (χ1n) is 23.5. The molecule has 9 rings (SSSR count). The molecule has 6 aliphatic rings. The van der Waals surface area contributed by atoms with Crippen molar-refractivity contribution in [2.45, 2.75) is 134 Å². The molecule has 340 valence electrons. The van der Waals surface area contributed by atoms with Gasteiger partial charge in [-0.1, -0.05) is 32.1 Å². The summed E-state index contributed by atoms with van der Waals surface area (Å²) in [4.78, 5) is 64.7. The topological polar surface area (TPSA) is 178 Å². The Morgan fingerprint density at radius 1 is 0.968 bits per heavy atom. The summed E-state index contributed by atoms with van der Waals surface area (Å²) in [5, 5.41) is 14.9. The number of aromatic nitrogens is 3. The van der Waals surface area contributed by atoms with Crippen molar-refractivity contribution in [1.82, 2.24) is 35.2 Å². The Balaban J connectivity index is 0.993. The molecule has 1 aromatic carbocycles. The van der Waals surface area contributed by atoms with Gasteiger partial charge in [-0.05, 0) is 89.2 Å². The molecular formula is C47H64N8O8. The number of pyridine rings is 1. The van der Waals surface area contributed by atoms with Gasteiger partial charge in [0.05, 0.1) is 25.3 Å². The van der Waals surface area contributed by atoms with Gasteiger partial charge in [-0.25, -0.2) is 14.5 Å². The predicted octanol–water partition coefficient (Wildman–Crippen LogP) is 5.40. The van der Waals surface area contributed by atoms with Gasteiger partial charge in [0.15, 0.2) is 11.6 Å². The minimum atomic E-state index is -0.931. The van der Waals surface area contributed by atoms with E-state index in [0.717, 1.165) is 89.6 Å². The van der Waals surface area contributed by atoms with E-state index in [0.29, 0.717) is 59.9 Å². The summed E-state index contributed by atoms with van der Waals surface area (Å²) in [6, 6.07) is 7.81. The maximum absolute atomic E-state index is 14.8. The maximum atomic E-state index is 14.8. The fraction of sp³-hybridized carbons (Fsp3) is 0.660. The normalized spacial score (nSPS) is 30.0. The van der Waals surface area contributed by atoms with Crippen LogP contribution in [0.1, 0.15) is 97.8 Å². The number of hydrogen-bond acceptors (Lipinski definition) is 12. The summed E-state index contributed by atoms with van der Waals surface area (Å²) in [6.45, 7) is 10.2. The molecule has 5 heterocycles. The lowest BCUT2D eigenvalue weighted by atomic mass is 10.0. The van der Waals surface area contributed by atoms with Crippen LogP contribution in [-0.4, -0.2) is 130 Å². The van der Waals surface area contributed by atoms with Crippen molar-refractivity contribution in [2.24, 2.45) is 17.8 Å². The van der Waals surface area contributed by atoms with Crippen LogP contribution < -0.4 is 25.4 Å². The molecule has 63 heavy (non-hydrogen) atoms. The number of morpholine rings is 1. The number of ketones is 1. The van der Waals surface area contributed by atoms with Gasteiger partial charge in [-0.2, -0.15) is 0 Å². The van der Waals surface area contributed by atoms with Crippen LogP contribution in [0.25, 0.3) is 16.7 Å². The van der Waals surface area contributed by atoms with Gasteiger partial charge in [-0.3, -0.25) is 19.3 Å². The molecule has 0 unspecified atom stereocenters. The average molecular weight is 869 g/mol. The lowest BCUT2D eigenvalue weighted by Crippen LogP contribution is -2.56. The number of nitrogens with zero attached hydrogens (tertiary/aromatic N) is 5. The summed E-state index contributed by atoms with van der Waals surface area (Å²) in [5.41, 5.74) is -0.299. The van der Waals surface area contributed by atoms with E-state index >= 15 is 0 Å². The fourth-order valence-corrected chi connectivity index (χ4v) is 10.4. The molecule has 3 aromatic rings. The van der Waals surface area contributed by atoms with Crippen LogP contribution in [0.4, 0.5) is 10.6 Å². The highest BCUT2D eigenvalue weighted by Crippen LogP contribution is 2.52. The predicted molar refractivity (Wildman–Crippen MR) is 235 cm³/mol. The molecule has 3 aliphatic carbocycles. The van der Waals surface area contributed by atoms with Gasteiger partial charge in [0.25, 0.3) is 0 Å². The molecule has 0 radical (unpaired) electrons. The summed E-state index contributed by atoms with van der Waals surface area (Å²) in [6.07, 6.45) is 10.1. The largest absolute Gasteiger partial charge is 0.492 e. The number of fused-ring (bicyclic) bond motifs is 4. The smallest absolute Gasteiger partial charge is 0.408 e. The fourth-order valence-electron chi connectivity index (χ4n) is 10.4. The zero-order valence-electron chi connectivity index (χ0n) is 37.0. The number of carbonyl (C=O) groups is 4. The van der Waals surface area contributed by atoms with Gasteiger partial charge in [0, 0.05) is 61.9 Å². The van der Waals surface area contributed by atoms with Crippen molar-refractivity contribution in [3.05, 3.63) is 36.5 Å². The number of amides is 3. The second kappa shape index (κ2) is 18.6. The quantitative estimate of drug-likeness (QED) is 0.212. The van der Waals surface area contributed by atoms with E-state index < -0.39 is 29.8 Å². The van der Waals surface area contributed by atoms with E-state index in [9.17, 15) is 19.2 Å². The zero-order valence-corrected chi connectivity index (χ0v) is 37.0. The molecular weight excluding hydrogens is 805 g/mol. The maximum Gasteiger partial charge on any atom is 0.408 e. The molecule has 3 saturated heterocycles. The van der Waals surface area contributed by atoms with Crippen LogP contribution in [-0.2, 0) is 23.9 Å². The molecule has 3 N–H and O–H groups in total. The first-order valence-corrected chi connectivity index (χ1v) is 23.5. The van der Waals surface area contributed by atoms with Crippen molar-refractivity contribution in [3.63, 3.8) is 0 Å². The first-order chi connectivity index (χ1) is 30.5. The number of ether oxygens (including phenoxy) is 4. The first kappa shape index (κ1) is 43.3. The number of anilines is 1. The third-order valence-corrected chi connectivity index (χ3v) is 14.1. The van der Waals surface area contributed by atoms with E-state index in [1.807, 2.05) is 50.4 Å². The van der Waals surface area contributed by atoms with Crippen LogP contribution in [0, 0.1) is 17.8 Å². The van der Waals surface area contributed by atoms with Gasteiger partial charge >= 0.3 is 6.09 Å². The highest BCUT2D eigenvalue weighted by Gasteiger charge is 2.59. The number of hydrogen-bond donors (Lipinski definition) is 3. The van der Waals surface area contributed by atoms with Crippen LogP contribution in [0.15, 0.2) is 36.5 Å². The number of benzene rings is 1. The Labute approximate surface area is 369 Å². The second-order valence-corrected chi connectivity index (χ2v) is 19.1. The van der Waals surface area contributed by atoms with E-state index in [1.165, 1.54) is 6.42 Å². The Kier molecular flexibility index (Phi) is 12.8. The minimum Gasteiger partial charge on any atom is -0.492 e. The number of carbonyl (C=O) groups excluding carboxylic acids is 4. The summed E-state index contributed by atoms with van der Waals surface area (Å²) in [7, 11) is 0. The second-order valence-electron chi connectivity index (χ2n) is 19.1. The standard InChI is InChI=1S/C47H64N8O8/c1-29(2)48-42-13-14-55(52-42)43-26-41(37-12-11-34(24-39(37)49-43)61-20-17-53-15-18-60-19-16-53)62-36-25-40-44(57)51-47(30(3)56)27-33(47)9-7-5-4-6-8-10-38(45(58)54(40)28-36)50-46(59)63-35-22-31-21-32(31)23-35/h11-14,24,26,29,31-33,35-36,38,40H,4-10,15-23,25,27-28H2,1-3H3,(H,48,52)(H,50,59)(H,51,57)/t31-,32+,33-,35+,36-,38+,40+,47+/m1/s1. The summed E-state index contributed by atoms with van der Waals surface area (Å²) < 4.78 is 26.1. The van der Waals surface area contributed by atoms with E-state index in [2.05, 4.69) is 20.9 Å². The van der Waals surface area contributed by atoms with Crippen LogP contribution >= 0.6 is 0 Å². The number of rotatable bonds is 12. The summed E-state index contributed by atoms with van der Waals surface area (Å²) >= 11 is 0. The number of nitrogens with one attached hydrogen (secondary N) is 3. The molecule has 2 aromatic heterocycles. The van der Waals surface area contributed by atoms with Crippen LogP contribution in [0.2, 0.25) is 0 Å². The third-order valence-electron chi connectivity index (χ3n) is 14.1. The van der Waals surface area contributed by atoms with Gasteiger partial charge in [0.1, 0.15) is 53.8 Å². The van der Waals surface area contributed by atoms with E-state index in [4.69, 9.17) is 29.0 Å². The summed E-state index contributed by atoms with van der Waals surface area (Å²) in [5.74, 6) is 2.96. The highest BCUT2D eigenvalue weighted by atomic mass is 16.6. The lowest BCUT2D eigenvalue weighted by molar-refractivity contribution is -0.141. The highest BCUT2D eigenvalue weighted by molar-refractivity contribution is 5.98. The molecule has 6 fully saturated rings.